The molecular weight excluding hydrogens is 1470 g/mol. The molecule has 106 heavy (non-hydrogen) atoms. The van der Waals surface area contributed by atoms with Crippen LogP contribution < -0.4 is 21.3 Å². The minimum absolute atomic E-state index is 0.0502. The number of hydrogen-bond donors (Lipinski definition) is 5. The first-order valence-electron chi connectivity index (χ1n) is 34.5. The number of nitrogens with one attached hydrogen (secondary N) is 4. The van der Waals surface area contributed by atoms with Crippen molar-refractivity contribution in [2.75, 3.05) is 53.5 Å². The zero-order chi connectivity index (χ0) is 75.7. The molecule has 3 aliphatic heterocycles. The Morgan fingerprint density at radius 3 is 1.02 bits per heavy atom. The smallest absolute Gasteiger partial charge is 0.328 e. The van der Waals surface area contributed by atoms with Gasteiger partial charge in [-0.1, -0.05) is 239 Å². The highest BCUT2D eigenvalue weighted by Crippen LogP contribution is 2.30. The number of aryl methyl sites for hydroxylation is 2. The zero-order valence-corrected chi connectivity index (χ0v) is 62.9. The summed E-state index contributed by atoms with van der Waals surface area (Å²) in [5.41, 5.74) is 12.1. The third kappa shape index (κ3) is 23.2. The van der Waals surface area contributed by atoms with E-state index in [1.807, 2.05) is 143 Å². The second-order valence-corrected chi connectivity index (χ2v) is 27.7. The summed E-state index contributed by atoms with van der Waals surface area (Å²) in [5, 5.41) is 22.0. The van der Waals surface area contributed by atoms with Crippen molar-refractivity contribution in [1.82, 2.24) is 31.1 Å². The standard InChI is InChI=1S/C31H30Cl2N2O4.C30H28Cl2N2O4.C22H22Cl2N2O3/c1-39-31(38)27(34-30(37)29-25(32)8-5-9-26(29)33)20-22-10-13-23(14-11-22)24-16-18-35(19-17-24)28(36)15-12-21-6-3-2-4-7-21;31-24-7-4-8-25(32)28(24)29(36)33-26(30(37)38)19-21-9-12-22(13-10-21)23-15-17-34(18-16-23)27(35)14-11-20-5-2-1-3-6-20;1-29-22(28)19(26-21(27)20-17(23)3-2-4-18(20)24)13-14-5-7-15(8-6-14)16-9-11-25-12-10-16/h2-11,13-14,16,27H,12,15,17-20H2,1H3,(H,34,37);1-10,12-13,15,26H,11,14,16-19H2,(H,33,36)(H,37,38);2-9,19,25H,10-13H2,1H3,(H,26,27)/t27-;26-;19-/m000/s1. The van der Waals surface area contributed by atoms with E-state index in [-0.39, 0.29) is 71.5 Å². The van der Waals surface area contributed by atoms with Crippen LogP contribution in [0.15, 0.2) is 206 Å². The van der Waals surface area contributed by atoms with Gasteiger partial charge in [-0.15, -0.1) is 0 Å². The maximum atomic E-state index is 12.8. The average molecular weight is 1550 g/mol. The number of methoxy groups -OCH3 is 2. The molecule has 23 heteroatoms. The molecule has 11 rings (SSSR count). The van der Waals surface area contributed by atoms with Gasteiger partial charge in [0.1, 0.15) is 18.1 Å². The van der Waals surface area contributed by atoms with Crippen LogP contribution in [0.1, 0.15) is 108 Å². The molecule has 0 aliphatic carbocycles. The van der Waals surface area contributed by atoms with E-state index in [1.165, 1.54) is 43.1 Å². The minimum atomic E-state index is -1.15. The maximum absolute atomic E-state index is 12.8. The van der Waals surface area contributed by atoms with Crippen LogP contribution in [0.5, 0.6) is 0 Å². The van der Waals surface area contributed by atoms with Gasteiger partial charge in [0.05, 0.1) is 61.0 Å². The number of nitrogens with zero attached hydrogens (tertiary/aromatic N) is 2. The molecule has 3 atom stereocenters. The van der Waals surface area contributed by atoms with E-state index in [2.05, 4.69) is 39.5 Å². The lowest BCUT2D eigenvalue weighted by Crippen LogP contribution is -2.43. The molecule has 8 aromatic carbocycles. The summed E-state index contributed by atoms with van der Waals surface area (Å²) < 4.78 is 9.78. The third-order valence-electron chi connectivity index (χ3n) is 18.2. The molecule has 0 saturated heterocycles. The Kier molecular flexibility index (Phi) is 30.6. The van der Waals surface area contributed by atoms with Crippen LogP contribution in [-0.2, 0) is 65.6 Å². The van der Waals surface area contributed by atoms with Gasteiger partial charge in [-0.25, -0.2) is 14.4 Å². The lowest BCUT2D eigenvalue weighted by molar-refractivity contribution is -0.143. The van der Waals surface area contributed by atoms with E-state index in [9.17, 15) is 43.5 Å². The number of amides is 5. The van der Waals surface area contributed by atoms with Crippen molar-refractivity contribution in [3.8, 4) is 0 Å². The lowest BCUT2D eigenvalue weighted by Gasteiger charge is -2.27. The van der Waals surface area contributed by atoms with Crippen molar-refractivity contribution < 1.29 is 52.9 Å². The normalized spacial score (nSPS) is 14.1. The maximum Gasteiger partial charge on any atom is 0.328 e. The summed E-state index contributed by atoms with van der Waals surface area (Å²) in [4.78, 5) is 104. The largest absolute Gasteiger partial charge is 0.480 e. The van der Waals surface area contributed by atoms with Crippen LogP contribution in [0.2, 0.25) is 30.1 Å². The van der Waals surface area contributed by atoms with Crippen LogP contribution in [0.3, 0.4) is 0 Å². The summed E-state index contributed by atoms with van der Waals surface area (Å²) >= 11 is 36.7. The van der Waals surface area contributed by atoms with Gasteiger partial charge in [-0.3, -0.25) is 24.0 Å². The molecule has 8 aromatic rings. The Labute approximate surface area is 646 Å². The number of halogens is 6. The van der Waals surface area contributed by atoms with Gasteiger partial charge >= 0.3 is 17.9 Å². The molecule has 0 unspecified atom stereocenters. The molecular formula is C83H80Cl6N6O11. The Morgan fingerprint density at radius 2 is 0.726 bits per heavy atom. The number of hydrogen-bond acceptors (Lipinski definition) is 11. The predicted octanol–water partition coefficient (Wildman–Crippen LogP) is 15.3. The Balaban J connectivity index is 0.000000186. The zero-order valence-electron chi connectivity index (χ0n) is 58.4. The van der Waals surface area contributed by atoms with E-state index in [0.717, 1.165) is 89.7 Å². The lowest BCUT2D eigenvalue weighted by atomic mass is 9.96. The molecule has 3 heterocycles. The van der Waals surface area contributed by atoms with Gasteiger partial charge in [0.25, 0.3) is 17.7 Å². The average Bonchev–Trinajstić information content (AvgIpc) is 0.828. The van der Waals surface area contributed by atoms with Gasteiger partial charge in [0.15, 0.2) is 0 Å². The molecule has 0 aromatic heterocycles. The van der Waals surface area contributed by atoms with Crippen molar-refractivity contribution in [3.63, 3.8) is 0 Å². The Bertz CT molecular complexity index is 4460. The van der Waals surface area contributed by atoms with Crippen LogP contribution in [0.25, 0.3) is 16.7 Å². The van der Waals surface area contributed by atoms with Crippen LogP contribution in [0, 0.1) is 0 Å². The van der Waals surface area contributed by atoms with Crippen LogP contribution in [0.4, 0.5) is 0 Å². The van der Waals surface area contributed by atoms with E-state index in [4.69, 9.17) is 79.1 Å². The van der Waals surface area contributed by atoms with E-state index in [1.54, 1.807) is 42.5 Å². The quantitative estimate of drug-likeness (QED) is 0.0356. The van der Waals surface area contributed by atoms with Gasteiger partial charge in [-0.05, 0) is 136 Å². The number of esters is 2. The van der Waals surface area contributed by atoms with Crippen LogP contribution in [-0.4, -0.2) is 134 Å². The van der Waals surface area contributed by atoms with Crippen molar-refractivity contribution in [2.45, 2.75) is 82.3 Å². The number of carboxylic acid groups (broad SMARTS) is 1. The molecule has 0 spiro atoms. The number of carbonyl (C=O) groups is 8. The van der Waals surface area contributed by atoms with Gasteiger partial charge in [0.2, 0.25) is 11.8 Å². The molecule has 5 N–H and O–H groups in total. The highest BCUT2D eigenvalue weighted by molar-refractivity contribution is 6.41. The monoisotopic (exact) mass is 1550 g/mol. The summed E-state index contributed by atoms with van der Waals surface area (Å²) in [6.45, 7) is 4.35. The van der Waals surface area contributed by atoms with E-state index < -0.39 is 53.8 Å². The fourth-order valence-corrected chi connectivity index (χ4v) is 14.0. The van der Waals surface area contributed by atoms with Crippen molar-refractivity contribution in [2.24, 2.45) is 0 Å². The second-order valence-electron chi connectivity index (χ2n) is 25.2. The molecule has 550 valence electrons. The fraction of sp³-hybridized carbons (Fsp3) is 0.253. The molecule has 5 amide bonds. The highest BCUT2D eigenvalue weighted by Gasteiger charge is 2.29. The number of aliphatic carboxylic acids is 1. The summed E-state index contributed by atoms with van der Waals surface area (Å²) in [5.74, 6) is -3.65. The Hall–Kier alpha value is -9.56. The van der Waals surface area contributed by atoms with E-state index >= 15 is 0 Å². The van der Waals surface area contributed by atoms with Crippen molar-refractivity contribution >= 4 is 134 Å². The van der Waals surface area contributed by atoms with Crippen LogP contribution >= 0.6 is 69.6 Å². The SMILES string of the molecule is COC(=O)[C@H](Cc1ccc(C2=CCN(C(=O)CCc3ccccc3)CC2)cc1)NC(=O)c1c(Cl)cccc1Cl.COC(=O)[C@H](Cc1ccc(C2=CCNCC2)cc1)NC(=O)c1c(Cl)cccc1Cl.O=C(N[C@@H](Cc1ccc(C2=CCN(C(=O)CCc3ccccc3)CC2)cc1)C(=O)O)c1c(Cl)cccc1Cl. The first-order chi connectivity index (χ1) is 51.2. The summed E-state index contributed by atoms with van der Waals surface area (Å²) in [6.07, 6.45) is 12.0. The topological polar surface area (TPSA) is 230 Å². The first kappa shape index (κ1) is 80.5. The van der Waals surface area contributed by atoms with Gasteiger partial charge in [-0.2, -0.15) is 0 Å². The van der Waals surface area contributed by atoms with E-state index in [0.29, 0.717) is 45.4 Å². The number of benzene rings is 8. The first-order valence-corrected chi connectivity index (χ1v) is 36.8. The molecule has 0 fully saturated rings. The fourth-order valence-electron chi connectivity index (χ4n) is 12.3. The second kappa shape index (κ2) is 40.2. The molecule has 0 radical (unpaired) electrons. The third-order valence-corrected chi connectivity index (χ3v) is 20.1. The number of carbonyl (C=O) groups excluding carboxylic acids is 7. The molecule has 0 bridgehead atoms. The summed E-state index contributed by atoms with van der Waals surface area (Å²) in [7, 11) is 2.56. The summed E-state index contributed by atoms with van der Waals surface area (Å²) in [6, 6.07) is 54.8. The van der Waals surface area contributed by atoms with Gasteiger partial charge < -0.3 is 45.6 Å². The van der Waals surface area contributed by atoms with Gasteiger partial charge in [0, 0.05) is 64.8 Å². The molecule has 17 nitrogen and oxygen atoms in total. The number of carboxylic acids is 1. The van der Waals surface area contributed by atoms with Crippen molar-refractivity contribution in [3.05, 3.63) is 298 Å². The molecule has 3 aliphatic rings. The van der Waals surface area contributed by atoms with Crippen molar-refractivity contribution in [1.29, 1.82) is 0 Å². The Morgan fingerprint density at radius 1 is 0.406 bits per heavy atom. The number of rotatable bonds is 24. The highest BCUT2D eigenvalue weighted by atomic mass is 35.5. The molecule has 0 saturated carbocycles. The number of ether oxygens (including phenoxy) is 2. The minimum Gasteiger partial charge on any atom is -0.480 e. The predicted molar refractivity (Wildman–Crippen MR) is 419 cm³/mol.